The lowest BCUT2D eigenvalue weighted by atomic mass is 9.92. The van der Waals surface area contributed by atoms with Crippen LogP contribution < -0.4 is 18.9 Å². The molecule has 1 saturated heterocycles. The van der Waals surface area contributed by atoms with Gasteiger partial charge in [0.15, 0.2) is 11.6 Å². The number of rotatable bonds is 9. The first-order chi connectivity index (χ1) is 32.3. The van der Waals surface area contributed by atoms with E-state index in [2.05, 4.69) is 36.8 Å². The minimum absolute atomic E-state index is 0.0209. The number of carboxylic acids is 1. The van der Waals surface area contributed by atoms with Crippen LogP contribution >= 0.6 is 34.5 Å². The molecule has 12 nitrogen and oxygen atoms in total. The van der Waals surface area contributed by atoms with Crippen LogP contribution in [-0.2, 0) is 17.8 Å². The van der Waals surface area contributed by atoms with Crippen molar-refractivity contribution in [1.82, 2.24) is 29.7 Å². The molecule has 4 bridgehead atoms. The Labute approximate surface area is 397 Å². The quantitative estimate of drug-likeness (QED) is 0.148. The van der Waals surface area contributed by atoms with Crippen molar-refractivity contribution in [3.05, 3.63) is 129 Å². The Morgan fingerprint density at radius 2 is 1.69 bits per heavy atom. The number of aliphatic carboxylic acids is 1. The highest BCUT2D eigenvalue weighted by Gasteiger charge is 2.32. The van der Waals surface area contributed by atoms with E-state index in [0.717, 1.165) is 26.2 Å². The van der Waals surface area contributed by atoms with Gasteiger partial charge in [0.25, 0.3) is 6.43 Å². The van der Waals surface area contributed by atoms with Crippen LogP contribution in [0.5, 0.6) is 23.1 Å². The summed E-state index contributed by atoms with van der Waals surface area (Å²) < 4.78 is 68.3. The number of thiophene rings is 1. The van der Waals surface area contributed by atoms with Gasteiger partial charge in [-0.25, -0.2) is 37.9 Å². The molecule has 10 rings (SSSR count). The largest absolute Gasteiger partial charge is 0.490 e. The molecule has 0 spiro atoms. The third kappa shape index (κ3) is 9.72. The lowest BCUT2D eigenvalue weighted by molar-refractivity contribution is -0.145. The van der Waals surface area contributed by atoms with Gasteiger partial charge in [-0.3, -0.25) is 4.90 Å². The fourth-order valence-electron chi connectivity index (χ4n) is 8.36. The van der Waals surface area contributed by atoms with Gasteiger partial charge in [-0.05, 0) is 79.5 Å². The highest BCUT2D eigenvalue weighted by atomic mass is 35.5. The van der Waals surface area contributed by atoms with E-state index in [4.69, 9.17) is 42.1 Å². The molecule has 0 amide bonds. The minimum Gasteiger partial charge on any atom is -0.490 e. The van der Waals surface area contributed by atoms with Gasteiger partial charge >= 0.3 is 5.97 Å². The van der Waals surface area contributed by atoms with Crippen LogP contribution in [0.1, 0.15) is 34.4 Å². The summed E-state index contributed by atoms with van der Waals surface area (Å²) in [5.41, 5.74) is 3.90. The molecular formula is C49H43Cl2F3N6O6S. The average molecular weight is 972 g/mol. The minimum atomic E-state index is -2.74. The zero-order valence-electron chi connectivity index (χ0n) is 36.4. The number of ether oxygens (including phenoxy) is 4. The van der Waals surface area contributed by atoms with E-state index in [-0.39, 0.29) is 58.3 Å². The smallest absolute Gasteiger partial charge is 0.345 e. The first-order valence-corrected chi connectivity index (χ1v) is 23.0. The Kier molecular flexibility index (Phi) is 13.5. The summed E-state index contributed by atoms with van der Waals surface area (Å²) >= 11 is 15.9. The number of carboxylic acid groups (broad SMARTS) is 1. The molecule has 0 saturated carbocycles. The second kappa shape index (κ2) is 19.7. The van der Waals surface area contributed by atoms with Crippen LogP contribution in [0.25, 0.3) is 43.2 Å². The van der Waals surface area contributed by atoms with Gasteiger partial charge in [-0.2, -0.15) is 0 Å². The molecule has 4 aromatic carbocycles. The van der Waals surface area contributed by atoms with Crippen molar-refractivity contribution in [3.8, 4) is 56.1 Å². The number of carbonyl (C=O) groups is 1. The molecule has 1 N–H and O–H groups in total. The summed E-state index contributed by atoms with van der Waals surface area (Å²) in [6, 6.07) is 18.7. The Morgan fingerprint density at radius 3 is 2.42 bits per heavy atom. The Balaban J connectivity index is 1.16. The monoisotopic (exact) mass is 970 g/mol. The summed E-state index contributed by atoms with van der Waals surface area (Å²) in [6.45, 7) is 7.48. The number of hydrogen-bond donors (Lipinski definition) is 1. The van der Waals surface area contributed by atoms with Gasteiger partial charge in [-0.1, -0.05) is 59.6 Å². The van der Waals surface area contributed by atoms with Crippen molar-refractivity contribution in [3.63, 3.8) is 0 Å². The number of fused-ring (bicyclic) bond motifs is 7. The molecule has 3 aliphatic rings. The Bertz CT molecular complexity index is 2940. The SMILES string of the molecule is Cc1c(Cl)c2c(Cl)c(C)c1-c1c(-c3ccc(F)cc3)sc3ncnc(c13)O[C@@H](C(=O)O)Cc1cc(ccc1OCc1ccnc(-c3ccccc3C(F)F)n1)OC[C@@H](CN1CCN(C)CC1)O2. The van der Waals surface area contributed by atoms with Crippen molar-refractivity contribution in [2.75, 3.05) is 46.4 Å². The average Bonchev–Trinajstić information content (AvgIpc) is 3.71. The molecule has 3 aromatic heterocycles. The summed E-state index contributed by atoms with van der Waals surface area (Å²) in [5.74, 6) is -0.658. The highest BCUT2D eigenvalue weighted by Crippen LogP contribution is 2.53. The third-order valence-corrected chi connectivity index (χ3v) is 13.9. The molecule has 7 aromatic rings. The summed E-state index contributed by atoms with van der Waals surface area (Å²) in [7, 11) is 2.08. The molecule has 0 radical (unpaired) electrons. The summed E-state index contributed by atoms with van der Waals surface area (Å²) in [5, 5.41) is 11.8. The molecule has 3 aliphatic heterocycles. The molecule has 18 heteroatoms. The predicted octanol–water partition coefficient (Wildman–Crippen LogP) is 10.5. The molecule has 2 atom stereocenters. The second-order valence-electron chi connectivity index (χ2n) is 16.4. The van der Waals surface area contributed by atoms with E-state index < -0.39 is 30.4 Å². The maximum atomic E-state index is 14.4. The van der Waals surface area contributed by atoms with Crippen LogP contribution in [0.4, 0.5) is 13.2 Å². The number of hydrogen-bond acceptors (Lipinski definition) is 12. The number of alkyl halides is 2. The summed E-state index contributed by atoms with van der Waals surface area (Å²) in [6.07, 6.45) is -2.31. The van der Waals surface area contributed by atoms with Crippen molar-refractivity contribution in [2.24, 2.45) is 0 Å². The fraction of sp³-hybridized carbons (Fsp3) is 0.286. The van der Waals surface area contributed by atoms with Gasteiger partial charge in [0.05, 0.1) is 21.1 Å². The Morgan fingerprint density at radius 1 is 0.940 bits per heavy atom. The number of nitrogens with zero attached hydrogens (tertiary/aromatic N) is 6. The molecule has 346 valence electrons. The van der Waals surface area contributed by atoms with Crippen LogP contribution in [0.3, 0.4) is 0 Å². The topological polar surface area (TPSA) is 132 Å². The number of halogens is 5. The van der Waals surface area contributed by atoms with Crippen LogP contribution in [-0.4, -0.2) is 99.4 Å². The van der Waals surface area contributed by atoms with Crippen molar-refractivity contribution in [2.45, 2.75) is 45.5 Å². The first-order valence-electron chi connectivity index (χ1n) is 21.4. The first kappa shape index (κ1) is 46.1. The number of piperazine rings is 1. The van der Waals surface area contributed by atoms with E-state index in [1.807, 2.05) is 13.8 Å². The van der Waals surface area contributed by atoms with Crippen LogP contribution in [0, 0.1) is 19.7 Å². The zero-order chi connectivity index (χ0) is 46.9. The van der Waals surface area contributed by atoms with Crippen LogP contribution in [0.2, 0.25) is 10.0 Å². The van der Waals surface area contributed by atoms with Crippen LogP contribution in [0.15, 0.2) is 85.3 Å². The highest BCUT2D eigenvalue weighted by molar-refractivity contribution is 7.22. The van der Waals surface area contributed by atoms with E-state index in [9.17, 15) is 23.1 Å². The lowest BCUT2D eigenvalue weighted by Crippen LogP contribution is -2.49. The number of benzene rings is 4. The van der Waals surface area contributed by atoms with E-state index in [0.29, 0.717) is 72.2 Å². The lowest BCUT2D eigenvalue weighted by Gasteiger charge is -2.35. The number of aromatic nitrogens is 4. The molecule has 0 aliphatic carbocycles. The van der Waals surface area contributed by atoms with Gasteiger partial charge in [0.1, 0.15) is 47.8 Å². The molecule has 1 fully saturated rings. The molecule has 6 heterocycles. The van der Waals surface area contributed by atoms with E-state index >= 15 is 0 Å². The standard InChI is InChI=1S/C49H43Cl2F3N6O6S/c1-26-38-27(2)42(51)43(41(26)50)65-33(22-60-18-16-59(3)17-19-60)24-63-32-12-13-36(64-23-31-14-15-55-46(58-31)35-7-5-4-6-34(35)45(53)54)29(20-32)21-37(49(61)62)66-47-40-39(38)44(67-48(40)57-25-56-47)28-8-10-30(52)11-9-28/h4-15,20,25,33,37,45H,16-19,21-24H2,1-3H3,(H,61,62)/t33-,37-/m1/s1. The predicted molar refractivity (Wildman–Crippen MR) is 251 cm³/mol. The number of likely N-dealkylation sites (N-methyl/N-ethyl adjacent to an activating group) is 1. The van der Waals surface area contributed by atoms with Gasteiger partial charge in [0.2, 0.25) is 12.0 Å². The molecular weight excluding hydrogens is 929 g/mol. The van der Waals surface area contributed by atoms with E-state index in [1.54, 1.807) is 42.5 Å². The second-order valence-corrected chi connectivity index (χ2v) is 18.1. The summed E-state index contributed by atoms with van der Waals surface area (Å²) in [4.78, 5) is 36.9. The maximum Gasteiger partial charge on any atom is 0.345 e. The van der Waals surface area contributed by atoms with Gasteiger partial charge in [0, 0.05) is 72.5 Å². The van der Waals surface area contributed by atoms with Crippen molar-refractivity contribution >= 4 is 50.7 Å². The fourth-order valence-corrected chi connectivity index (χ4v) is 10.0. The van der Waals surface area contributed by atoms with Gasteiger partial charge < -0.3 is 29.0 Å². The third-order valence-electron chi connectivity index (χ3n) is 11.9. The maximum absolute atomic E-state index is 14.4. The Hall–Kier alpha value is -6.04. The zero-order valence-corrected chi connectivity index (χ0v) is 38.8. The van der Waals surface area contributed by atoms with Crippen molar-refractivity contribution < 1.29 is 42.0 Å². The van der Waals surface area contributed by atoms with Gasteiger partial charge in [-0.15, -0.1) is 11.3 Å². The van der Waals surface area contributed by atoms with E-state index in [1.165, 1.54) is 54.2 Å². The van der Waals surface area contributed by atoms with Crippen molar-refractivity contribution in [1.29, 1.82) is 0 Å². The molecule has 0 unspecified atom stereocenters. The molecule has 67 heavy (non-hydrogen) atoms. The normalized spacial score (nSPS) is 16.9.